The fourth-order valence-corrected chi connectivity index (χ4v) is 3.20. The Bertz CT molecular complexity index is 975. The van der Waals surface area contributed by atoms with Crippen molar-refractivity contribution in [2.24, 2.45) is 0 Å². The van der Waals surface area contributed by atoms with Crippen LogP contribution in [0.15, 0.2) is 59.5 Å². The Labute approximate surface area is 168 Å². The molecule has 0 aliphatic heterocycles. The lowest BCUT2D eigenvalue weighted by molar-refractivity contribution is -0.151. The van der Waals surface area contributed by atoms with E-state index in [2.05, 4.69) is 15.4 Å². The van der Waals surface area contributed by atoms with Gasteiger partial charge in [0.05, 0.1) is 4.90 Å². The molecule has 0 aliphatic rings. The molecule has 2 rings (SSSR count). The largest absolute Gasteiger partial charge is 0.452 e. The number of sulfonamides is 1. The van der Waals surface area contributed by atoms with Gasteiger partial charge < -0.3 is 15.4 Å². The van der Waals surface area contributed by atoms with E-state index in [1.807, 2.05) is 0 Å². The van der Waals surface area contributed by atoms with Crippen LogP contribution in [0.2, 0.25) is 0 Å². The van der Waals surface area contributed by atoms with Crippen molar-refractivity contribution in [1.29, 1.82) is 0 Å². The molecule has 0 saturated heterocycles. The first-order chi connectivity index (χ1) is 13.7. The fraction of sp³-hybridized carbons (Fsp3) is 0.211. The van der Waals surface area contributed by atoms with Crippen LogP contribution in [0.5, 0.6) is 0 Å². The average Bonchev–Trinajstić information content (AvgIpc) is 2.68. The number of rotatable bonds is 8. The molecule has 3 N–H and O–H groups in total. The average molecular weight is 419 g/mol. The van der Waals surface area contributed by atoms with E-state index in [1.165, 1.54) is 26.0 Å². The van der Waals surface area contributed by atoms with Gasteiger partial charge in [-0.25, -0.2) is 8.42 Å². The van der Waals surface area contributed by atoms with Gasteiger partial charge in [-0.1, -0.05) is 18.2 Å². The summed E-state index contributed by atoms with van der Waals surface area (Å²) >= 11 is 0. The Morgan fingerprint density at radius 3 is 2.03 bits per heavy atom. The molecule has 0 heterocycles. The van der Waals surface area contributed by atoms with Crippen molar-refractivity contribution in [3.8, 4) is 0 Å². The van der Waals surface area contributed by atoms with Crippen molar-refractivity contribution in [2.75, 3.05) is 17.2 Å². The molecule has 0 radical (unpaired) electrons. The van der Waals surface area contributed by atoms with Crippen LogP contribution in [-0.2, 0) is 29.1 Å². The Balaban J connectivity index is 1.84. The van der Waals surface area contributed by atoms with Gasteiger partial charge in [0.1, 0.15) is 6.54 Å². The van der Waals surface area contributed by atoms with Crippen LogP contribution in [0, 0.1) is 0 Å². The third-order valence-electron chi connectivity index (χ3n) is 3.61. The quantitative estimate of drug-likeness (QED) is 0.556. The molecule has 10 heteroatoms. The second-order valence-corrected chi connectivity index (χ2v) is 7.78. The van der Waals surface area contributed by atoms with Gasteiger partial charge in [0.15, 0.2) is 6.10 Å². The minimum atomic E-state index is -3.85. The van der Waals surface area contributed by atoms with Crippen LogP contribution in [-0.4, -0.2) is 38.9 Å². The topological polar surface area (TPSA) is 131 Å². The normalized spacial score (nSPS) is 11.9. The SMILES string of the molecule is CC(=O)Nc1ccc(NC(=O)[C@H](C)OC(=O)CNS(=O)(=O)c2ccccc2)cc1. The molecule has 0 spiro atoms. The maximum absolute atomic E-state index is 12.1. The predicted molar refractivity (Wildman–Crippen MR) is 107 cm³/mol. The second kappa shape index (κ2) is 9.80. The third kappa shape index (κ3) is 7.01. The van der Waals surface area contributed by atoms with E-state index in [1.54, 1.807) is 42.5 Å². The van der Waals surface area contributed by atoms with Crippen molar-refractivity contribution in [2.45, 2.75) is 24.8 Å². The molecule has 154 valence electrons. The molecular weight excluding hydrogens is 398 g/mol. The van der Waals surface area contributed by atoms with E-state index in [4.69, 9.17) is 4.74 Å². The molecule has 0 unspecified atom stereocenters. The number of benzene rings is 2. The molecule has 0 fully saturated rings. The van der Waals surface area contributed by atoms with E-state index in [-0.39, 0.29) is 10.8 Å². The minimum absolute atomic E-state index is 0.0151. The van der Waals surface area contributed by atoms with Gasteiger partial charge >= 0.3 is 5.97 Å². The summed E-state index contributed by atoms with van der Waals surface area (Å²) in [4.78, 5) is 35.0. The zero-order valence-electron chi connectivity index (χ0n) is 15.8. The van der Waals surface area contributed by atoms with Gasteiger partial charge in [-0.3, -0.25) is 14.4 Å². The Kier molecular flexibility index (Phi) is 7.46. The van der Waals surface area contributed by atoms with Gasteiger partial charge in [0.2, 0.25) is 15.9 Å². The molecule has 2 aromatic carbocycles. The zero-order chi connectivity index (χ0) is 21.4. The van der Waals surface area contributed by atoms with Crippen molar-refractivity contribution in [1.82, 2.24) is 4.72 Å². The van der Waals surface area contributed by atoms with Gasteiger partial charge in [-0.15, -0.1) is 0 Å². The number of anilines is 2. The first-order valence-electron chi connectivity index (χ1n) is 8.60. The zero-order valence-corrected chi connectivity index (χ0v) is 16.7. The van der Waals surface area contributed by atoms with Crippen molar-refractivity contribution >= 4 is 39.2 Å². The van der Waals surface area contributed by atoms with E-state index < -0.39 is 34.5 Å². The first kappa shape index (κ1) is 22.1. The minimum Gasteiger partial charge on any atom is -0.452 e. The molecule has 0 aromatic heterocycles. The summed E-state index contributed by atoms with van der Waals surface area (Å²) in [5.41, 5.74) is 1.01. The standard InChI is InChI=1S/C19H21N3O6S/c1-13(19(25)22-16-10-8-15(9-11-16)21-14(2)23)28-18(24)12-20-29(26,27)17-6-4-3-5-7-17/h3-11,13,20H,12H2,1-2H3,(H,21,23)(H,22,25)/t13-/m0/s1. The lowest BCUT2D eigenvalue weighted by Gasteiger charge is -2.14. The van der Waals surface area contributed by atoms with Crippen molar-refractivity contribution in [3.63, 3.8) is 0 Å². The molecule has 0 saturated carbocycles. The Morgan fingerprint density at radius 2 is 1.48 bits per heavy atom. The maximum atomic E-state index is 12.1. The molecule has 0 bridgehead atoms. The first-order valence-corrected chi connectivity index (χ1v) is 10.1. The third-order valence-corrected chi connectivity index (χ3v) is 5.03. The van der Waals surface area contributed by atoms with Gasteiger partial charge in [0.25, 0.3) is 5.91 Å². The fourth-order valence-electron chi connectivity index (χ4n) is 2.21. The van der Waals surface area contributed by atoms with E-state index in [0.29, 0.717) is 11.4 Å². The summed E-state index contributed by atoms with van der Waals surface area (Å²) in [6.45, 7) is 2.14. The second-order valence-electron chi connectivity index (χ2n) is 6.02. The maximum Gasteiger partial charge on any atom is 0.321 e. The summed E-state index contributed by atoms with van der Waals surface area (Å²) in [6, 6.07) is 13.9. The molecule has 1 atom stereocenters. The number of hydrogen-bond acceptors (Lipinski definition) is 6. The van der Waals surface area contributed by atoms with Crippen molar-refractivity contribution < 1.29 is 27.5 Å². The number of hydrogen-bond donors (Lipinski definition) is 3. The highest BCUT2D eigenvalue weighted by Crippen LogP contribution is 2.14. The molecule has 0 aliphatic carbocycles. The summed E-state index contributed by atoms with van der Waals surface area (Å²) in [5.74, 6) is -1.70. The highest BCUT2D eigenvalue weighted by Gasteiger charge is 2.20. The van der Waals surface area contributed by atoms with Crippen molar-refractivity contribution in [3.05, 3.63) is 54.6 Å². The monoisotopic (exact) mass is 419 g/mol. The highest BCUT2D eigenvalue weighted by atomic mass is 32.2. The summed E-state index contributed by atoms with van der Waals surface area (Å²) < 4.78 is 31.2. The van der Waals surface area contributed by atoms with Crippen LogP contribution < -0.4 is 15.4 Å². The Morgan fingerprint density at radius 1 is 0.931 bits per heavy atom. The van der Waals surface area contributed by atoms with Crippen LogP contribution in [0.1, 0.15) is 13.8 Å². The molecular formula is C19H21N3O6S. The number of esters is 1. The lowest BCUT2D eigenvalue weighted by atomic mass is 10.2. The summed E-state index contributed by atoms with van der Waals surface area (Å²) in [5, 5.41) is 5.15. The van der Waals surface area contributed by atoms with Gasteiger partial charge in [-0.05, 0) is 43.3 Å². The lowest BCUT2D eigenvalue weighted by Crippen LogP contribution is -2.35. The molecule has 9 nitrogen and oxygen atoms in total. The van der Waals surface area contributed by atoms with Crippen LogP contribution in [0.25, 0.3) is 0 Å². The predicted octanol–water partition coefficient (Wildman–Crippen LogP) is 1.49. The van der Waals surface area contributed by atoms with Gasteiger partial charge in [-0.2, -0.15) is 4.72 Å². The van der Waals surface area contributed by atoms with E-state index in [9.17, 15) is 22.8 Å². The highest BCUT2D eigenvalue weighted by molar-refractivity contribution is 7.89. The number of carbonyl (C=O) groups excluding carboxylic acids is 3. The van der Waals surface area contributed by atoms with Crippen LogP contribution in [0.3, 0.4) is 0 Å². The van der Waals surface area contributed by atoms with E-state index in [0.717, 1.165) is 0 Å². The number of amides is 2. The van der Waals surface area contributed by atoms with E-state index >= 15 is 0 Å². The number of ether oxygens (including phenoxy) is 1. The van der Waals surface area contributed by atoms with Crippen LogP contribution in [0.4, 0.5) is 11.4 Å². The number of nitrogens with one attached hydrogen (secondary N) is 3. The smallest absolute Gasteiger partial charge is 0.321 e. The molecule has 29 heavy (non-hydrogen) atoms. The number of carbonyl (C=O) groups is 3. The molecule has 2 amide bonds. The summed E-state index contributed by atoms with van der Waals surface area (Å²) in [7, 11) is -3.85. The van der Waals surface area contributed by atoms with Crippen LogP contribution >= 0.6 is 0 Å². The summed E-state index contributed by atoms with van der Waals surface area (Å²) in [6.07, 6.45) is -1.14. The van der Waals surface area contributed by atoms with Gasteiger partial charge in [0, 0.05) is 18.3 Å². The molecule has 2 aromatic rings. The Hall–Kier alpha value is -3.24.